The number of rotatable bonds is 11. The van der Waals surface area contributed by atoms with Crippen molar-refractivity contribution in [3.8, 4) is 5.75 Å². The third kappa shape index (κ3) is 7.61. The second-order valence-electron chi connectivity index (χ2n) is 5.47. The first-order valence-electron chi connectivity index (χ1n) is 8.10. The van der Waals surface area contributed by atoms with Crippen LogP contribution in [0.5, 0.6) is 5.75 Å². The normalized spacial score (nSPS) is 11.9. The summed E-state index contributed by atoms with van der Waals surface area (Å²) in [6.07, 6.45) is 1.48. The molecule has 1 aromatic rings. The Labute approximate surface area is 154 Å². The van der Waals surface area contributed by atoms with E-state index >= 15 is 0 Å². The zero-order chi connectivity index (χ0) is 18.9. The monoisotopic (exact) mass is 388 g/mol. The molecular formula is C17H26ClN2O4P. The minimum Gasteiger partial charge on any atom is -0.489 e. The van der Waals surface area contributed by atoms with Crippen molar-refractivity contribution in [2.75, 3.05) is 19.8 Å². The van der Waals surface area contributed by atoms with Gasteiger partial charge in [0.15, 0.2) is 0 Å². The van der Waals surface area contributed by atoms with E-state index in [9.17, 15) is 4.57 Å². The summed E-state index contributed by atoms with van der Waals surface area (Å²) < 4.78 is 28.3. The van der Waals surface area contributed by atoms with Crippen molar-refractivity contribution in [1.82, 2.24) is 5.20 Å². The lowest BCUT2D eigenvalue weighted by Gasteiger charge is -2.15. The minimum atomic E-state index is -3.45. The van der Waals surface area contributed by atoms with Gasteiger partial charge >= 0.3 is 7.75 Å². The van der Waals surface area contributed by atoms with Gasteiger partial charge in [-0.3, -0.25) is 9.05 Å². The van der Waals surface area contributed by atoms with E-state index in [0.29, 0.717) is 28.9 Å². The van der Waals surface area contributed by atoms with Crippen LogP contribution in [-0.2, 0) is 13.6 Å². The average molecular weight is 389 g/mol. The predicted octanol–water partition coefficient (Wildman–Crippen LogP) is 5.04. The maximum absolute atomic E-state index is 12.3. The number of benzene rings is 1. The summed E-state index contributed by atoms with van der Waals surface area (Å²) in [6, 6.07) is 5.17. The molecule has 0 atom stereocenters. The second kappa shape index (κ2) is 10.6. The van der Waals surface area contributed by atoms with Crippen LogP contribution >= 0.6 is 19.3 Å². The van der Waals surface area contributed by atoms with Gasteiger partial charge in [-0.05, 0) is 43.5 Å². The first kappa shape index (κ1) is 21.7. The van der Waals surface area contributed by atoms with Crippen LogP contribution in [0.25, 0.3) is 0 Å². The molecule has 1 aromatic carbocycles. The molecule has 8 heteroatoms. The van der Waals surface area contributed by atoms with E-state index in [1.807, 2.05) is 0 Å². The van der Waals surface area contributed by atoms with E-state index in [-0.39, 0.29) is 13.2 Å². The molecular weight excluding hydrogens is 363 g/mol. The van der Waals surface area contributed by atoms with Gasteiger partial charge in [-0.15, -0.1) is 0 Å². The molecule has 25 heavy (non-hydrogen) atoms. The molecule has 0 spiro atoms. The third-order valence-corrected chi connectivity index (χ3v) is 4.98. The Balaban J connectivity index is 2.86. The molecule has 0 unspecified atom stereocenters. The molecule has 0 aromatic heterocycles. The van der Waals surface area contributed by atoms with Crippen molar-refractivity contribution in [3.63, 3.8) is 0 Å². The Hall–Kier alpha value is -1.33. The van der Waals surface area contributed by atoms with Crippen molar-refractivity contribution in [1.29, 1.82) is 0 Å². The quantitative estimate of drug-likeness (QED) is 0.249. The van der Waals surface area contributed by atoms with E-state index in [4.69, 9.17) is 25.4 Å². The van der Waals surface area contributed by atoms with Gasteiger partial charge < -0.3 is 4.74 Å². The lowest BCUT2D eigenvalue weighted by Crippen LogP contribution is -2.10. The molecule has 1 N–H and O–H groups in total. The summed E-state index contributed by atoms with van der Waals surface area (Å²) in [5, 5.41) is 6.96. The number of ether oxygens (including phenoxy) is 1. The van der Waals surface area contributed by atoms with Crippen LogP contribution in [0.1, 0.15) is 33.3 Å². The minimum absolute atomic E-state index is 0.242. The Bertz CT molecular complexity index is 640. The molecule has 0 aliphatic rings. The molecule has 0 aliphatic heterocycles. The molecule has 0 fully saturated rings. The Morgan fingerprint density at radius 2 is 2.00 bits per heavy atom. The summed E-state index contributed by atoms with van der Waals surface area (Å²) in [5.74, 6) is 0.878. The number of hydrazone groups is 1. The topological polar surface area (TPSA) is 69.2 Å². The predicted molar refractivity (Wildman–Crippen MR) is 103 cm³/mol. The fraction of sp³-hybridized carbons (Fsp3) is 0.471. The molecule has 0 saturated carbocycles. The molecule has 0 amide bonds. The van der Waals surface area contributed by atoms with Crippen molar-refractivity contribution in [3.05, 3.63) is 40.9 Å². The van der Waals surface area contributed by atoms with Gasteiger partial charge in [0.05, 0.1) is 19.4 Å². The average Bonchev–Trinajstić information content (AvgIpc) is 2.54. The number of hydrogen-bond donors (Lipinski definition) is 1. The van der Waals surface area contributed by atoms with Gasteiger partial charge in [0.2, 0.25) is 0 Å². The van der Waals surface area contributed by atoms with E-state index < -0.39 is 7.75 Å². The standard InChI is InChI=1S/C17H26ClN2O4P/c1-6-23-25(21,24-7-2)20-19-11-15-8-9-16(18)10-17(15)22-12-14(5)13(3)4/h8-11,13H,5-7,12H2,1-4H3,(H,20,21). The summed E-state index contributed by atoms with van der Waals surface area (Å²) in [7, 11) is -3.45. The Kier molecular flexibility index (Phi) is 9.22. The number of halogens is 1. The fourth-order valence-electron chi connectivity index (χ4n) is 1.68. The summed E-state index contributed by atoms with van der Waals surface area (Å²) in [5.41, 5.74) is 1.64. The summed E-state index contributed by atoms with van der Waals surface area (Å²) in [4.78, 5) is 0. The smallest absolute Gasteiger partial charge is 0.448 e. The fourth-order valence-corrected chi connectivity index (χ4v) is 2.91. The van der Waals surface area contributed by atoms with Gasteiger partial charge in [-0.1, -0.05) is 32.0 Å². The first-order chi connectivity index (χ1) is 11.8. The van der Waals surface area contributed by atoms with Gasteiger partial charge in [0.1, 0.15) is 12.4 Å². The van der Waals surface area contributed by atoms with Gasteiger partial charge in [0, 0.05) is 10.6 Å². The largest absolute Gasteiger partial charge is 0.489 e. The molecule has 140 valence electrons. The van der Waals surface area contributed by atoms with Crippen LogP contribution < -0.4 is 9.93 Å². The highest BCUT2D eigenvalue weighted by Crippen LogP contribution is 2.43. The van der Waals surface area contributed by atoms with Crippen molar-refractivity contribution in [2.24, 2.45) is 11.0 Å². The van der Waals surface area contributed by atoms with Gasteiger partial charge in [0.25, 0.3) is 0 Å². The highest BCUT2D eigenvalue weighted by atomic mass is 35.5. The molecule has 6 nitrogen and oxygen atoms in total. The molecule has 0 radical (unpaired) electrons. The van der Waals surface area contributed by atoms with Crippen molar-refractivity contribution < 1.29 is 18.3 Å². The second-order valence-corrected chi connectivity index (χ2v) is 7.62. The van der Waals surface area contributed by atoms with Crippen molar-refractivity contribution >= 4 is 25.6 Å². The van der Waals surface area contributed by atoms with E-state index in [1.54, 1.807) is 32.0 Å². The van der Waals surface area contributed by atoms with E-state index in [2.05, 4.69) is 30.7 Å². The van der Waals surface area contributed by atoms with Crippen LogP contribution in [0, 0.1) is 5.92 Å². The van der Waals surface area contributed by atoms with Crippen LogP contribution in [0.15, 0.2) is 35.5 Å². The van der Waals surface area contributed by atoms with E-state index in [0.717, 1.165) is 5.57 Å². The van der Waals surface area contributed by atoms with Crippen LogP contribution in [0.3, 0.4) is 0 Å². The maximum atomic E-state index is 12.3. The van der Waals surface area contributed by atoms with Crippen LogP contribution in [0.2, 0.25) is 5.02 Å². The SMILES string of the molecule is C=C(COc1cc(Cl)ccc1C=NNP(=O)(OCC)OCC)C(C)C. The summed E-state index contributed by atoms with van der Waals surface area (Å²) >= 11 is 6.04. The van der Waals surface area contributed by atoms with E-state index in [1.165, 1.54) is 6.21 Å². The highest BCUT2D eigenvalue weighted by Gasteiger charge is 2.22. The molecule has 0 saturated heterocycles. The lowest BCUT2D eigenvalue weighted by molar-refractivity contribution is 0.211. The Morgan fingerprint density at radius 1 is 1.36 bits per heavy atom. The molecule has 0 heterocycles. The number of nitrogens with zero attached hydrogens (tertiary/aromatic N) is 1. The lowest BCUT2D eigenvalue weighted by atomic mass is 10.1. The molecule has 0 bridgehead atoms. The summed E-state index contributed by atoms with van der Waals surface area (Å²) in [6.45, 7) is 12.4. The molecule has 1 rings (SSSR count). The number of nitrogens with one attached hydrogen (secondary N) is 1. The molecule has 0 aliphatic carbocycles. The zero-order valence-electron chi connectivity index (χ0n) is 15.1. The van der Waals surface area contributed by atoms with Crippen LogP contribution in [-0.4, -0.2) is 26.0 Å². The van der Waals surface area contributed by atoms with Crippen molar-refractivity contribution in [2.45, 2.75) is 27.7 Å². The maximum Gasteiger partial charge on any atom is 0.448 e. The van der Waals surface area contributed by atoms with Gasteiger partial charge in [-0.2, -0.15) is 5.10 Å². The first-order valence-corrected chi connectivity index (χ1v) is 10.0. The third-order valence-electron chi connectivity index (χ3n) is 3.19. The van der Waals surface area contributed by atoms with Crippen LogP contribution in [0.4, 0.5) is 0 Å². The van der Waals surface area contributed by atoms with Gasteiger partial charge in [-0.25, -0.2) is 9.76 Å². The highest BCUT2D eigenvalue weighted by molar-refractivity contribution is 7.51. The number of hydrogen-bond acceptors (Lipinski definition) is 5. The zero-order valence-corrected chi connectivity index (χ0v) is 16.8. The Morgan fingerprint density at radius 3 is 2.56 bits per heavy atom.